The molecular formula is C18H18N2O2. The summed E-state index contributed by atoms with van der Waals surface area (Å²) in [5, 5.41) is 12.4. The Morgan fingerprint density at radius 2 is 1.86 bits per heavy atom. The molecule has 112 valence electrons. The lowest BCUT2D eigenvalue weighted by molar-refractivity contribution is 0.171. The zero-order valence-electron chi connectivity index (χ0n) is 12.3. The molecule has 0 unspecified atom stereocenters. The summed E-state index contributed by atoms with van der Waals surface area (Å²) in [7, 11) is 0. The molecule has 3 rings (SSSR count). The van der Waals surface area contributed by atoms with E-state index in [1.807, 2.05) is 36.4 Å². The van der Waals surface area contributed by atoms with Gasteiger partial charge in [0.2, 0.25) is 0 Å². The fourth-order valence-corrected chi connectivity index (χ4v) is 2.48. The van der Waals surface area contributed by atoms with Crippen molar-refractivity contribution in [3.05, 3.63) is 59.2 Å². The third kappa shape index (κ3) is 3.38. The molecule has 0 aliphatic carbocycles. The Balaban J connectivity index is 1.52. The summed E-state index contributed by atoms with van der Waals surface area (Å²) in [4.78, 5) is 0. The van der Waals surface area contributed by atoms with Crippen LogP contribution in [0.2, 0.25) is 0 Å². The molecule has 2 aromatic carbocycles. The SMILES string of the molecule is N#Cc1ccccc1CNCCc1ccc2c(c1)OCCO2. The van der Waals surface area contributed by atoms with Gasteiger partial charge >= 0.3 is 0 Å². The van der Waals surface area contributed by atoms with Crippen molar-refractivity contribution in [2.45, 2.75) is 13.0 Å². The number of hydrogen-bond donors (Lipinski definition) is 1. The third-order valence-electron chi connectivity index (χ3n) is 3.65. The van der Waals surface area contributed by atoms with Crippen molar-refractivity contribution < 1.29 is 9.47 Å². The lowest BCUT2D eigenvalue weighted by atomic mass is 10.1. The van der Waals surface area contributed by atoms with Crippen molar-refractivity contribution in [2.75, 3.05) is 19.8 Å². The van der Waals surface area contributed by atoms with Crippen LogP contribution in [0.15, 0.2) is 42.5 Å². The van der Waals surface area contributed by atoms with Crippen molar-refractivity contribution >= 4 is 0 Å². The maximum absolute atomic E-state index is 9.06. The molecule has 0 fully saturated rings. The van der Waals surface area contributed by atoms with Crippen LogP contribution in [0.25, 0.3) is 0 Å². The molecule has 0 bridgehead atoms. The molecule has 0 radical (unpaired) electrons. The molecule has 4 nitrogen and oxygen atoms in total. The molecule has 22 heavy (non-hydrogen) atoms. The van der Waals surface area contributed by atoms with E-state index in [4.69, 9.17) is 14.7 Å². The lowest BCUT2D eigenvalue weighted by Crippen LogP contribution is -2.18. The van der Waals surface area contributed by atoms with Crippen LogP contribution in [0.5, 0.6) is 11.5 Å². The minimum Gasteiger partial charge on any atom is -0.486 e. The van der Waals surface area contributed by atoms with Crippen molar-refractivity contribution in [1.29, 1.82) is 5.26 Å². The van der Waals surface area contributed by atoms with E-state index in [-0.39, 0.29) is 0 Å². The summed E-state index contributed by atoms with van der Waals surface area (Å²) >= 11 is 0. The molecule has 0 atom stereocenters. The Kier molecular flexibility index (Phi) is 4.57. The van der Waals surface area contributed by atoms with Crippen LogP contribution in [0.4, 0.5) is 0 Å². The van der Waals surface area contributed by atoms with Gasteiger partial charge < -0.3 is 14.8 Å². The molecule has 0 spiro atoms. The van der Waals surface area contributed by atoms with Gasteiger partial charge in [-0.2, -0.15) is 5.26 Å². The Morgan fingerprint density at radius 3 is 2.73 bits per heavy atom. The highest BCUT2D eigenvalue weighted by Gasteiger charge is 2.11. The number of nitriles is 1. The topological polar surface area (TPSA) is 54.3 Å². The van der Waals surface area contributed by atoms with Crippen molar-refractivity contribution in [1.82, 2.24) is 5.32 Å². The number of fused-ring (bicyclic) bond motifs is 1. The number of benzene rings is 2. The standard InChI is InChI=1S/C18H18N2O2/c19-12-15-3-1-2-4-16(15)13-20-8-7-14-5-6-17-18(11-14)22-10-9-21-17/h1-6,11,20H,7-10,13H2. The molecule has 0 saturated heterocycles. The molecule has 1 aliphatic heterocycles. The number of rotatable bonds is 5. The van der Waals surface area contributed by atoms with Crippen LogP contribution in [0.1, 0.15) is 16.7 Å². The Bertz CT molecular complexity index is 692. The van der Waals surface area contributed by atoms with E-state index in [1.54, 1.807) is 0 Å². The number of hydrogen-bond acceptors (Lipinski definition) is 4. The molecular weight excluding hydrogens is 276 g/mol. The van der Waals surface area contributed by atoms with E-state index in [0.717, 1.165) is 35.6 Å². The Labute approximate surface area is 130 Å². The first-order valence-electron chi connectivity index (χ1n) is 7.44. The van der Waals surface area contributed by atoms with Crippen LogP contribution >= 0.6 is 0 Å². The molecule has 1 aliphatic rings. The van der Waals surface area contributed by atoms with Gasteiger partial charge in [-0.1, -0.05) is 24.3 Å². The fraction of sp³-hybridized carbons (Fsp3) is 0.278. The predicted octanol–water partition coefficient (Wildman–Crippen LogP) is 2.66. The normalized spacial score (nSPS) is 12.7. The second-order valence-electron chi connectivity index (χ2n) is 5.17. The van der Waals surface area contributed by atoms with Crippen molar-refractivity contribution in [2.24, 2.45) is 0 Å². The predicted molar refractivity (Wildman–Crippen MR) is 84.0 cm³/mol. The third-order valence-corrected chi connectivity index (χ3v) is 3.65. The molecule has 4 heteroatoms. The van der Waals surface area contributed by atoms with Crippen LogP contribution in [-0.4, -0.2) is 19.8 Å². The van der Waals surface area contributed by atoms with Crippen LogP contribution < -0.4 is 14.8 Å². The van der Waals surface area contributed by atoms with Gasteiger partial charge in [0, 0.05) is 6.54 Å². The maximum Gasteiger partial charge on any atom is 0.161 e. The Hall–Kier alpha value is -2.51. The minimum absolute atomic E-state index is 0.611. The summed E-state index contributed by atoms with van der Waals surface area (Å²) < 4.78 is 11.1. The van der Waals surface area contributed by atoms with Gasteiger partial charge in [-0.05, 0) is 42.3 Å². The van der Waals surface area contributed by atoms with Gasteiger partial charge in [-0.3, -0.25) is 0 Å². The average molecular weight is 294 g/mol. The number of ether oxygens (including phenoxy) is 2. The van der Waals surface area contributed by atoms with Crippen molar-refractivity contribution in [3.8, 4) is 17.6 Å². The quantitative estimate of drug-likeness (QED) is 0.861. The highest BCUT2D eigenvalue weighted by atomic mass is 16.6. The first kappa shape index (κ1) is 14.4. The number of nitrogens with zero attached hydrogens (tertiary/aromatic N) is 1. The zero-order chi connectivity index (χ0) is 15.2. The largest absolute Gasteiger partial charge is 0.486 e. The highest BCUT2D eigenvalue weighted by molar-refractivity contribution is 5.44. The van der Waals surface area contributed by atoms with E-state index >= 15 is 0 Å². The van der Waals surface area contributed by atoms with Crippen LogP contribution in [0.3, 0.4) is 0 Å². The molecule has 0 saturated carbocycles. The van der Waals surface area contributed by atoms with Gasteiger partial charge in [0.15, 0.2) is 11.5 Å². The molecule has 0 amide bonds. The maximum atomic E-state index is 9.06. The molecule has 2 aromatic rings. The van der Waals surface area contributed by atoms with E-state index < -0.39 is 0 Å². The van der Waals surface area contributed by atoms with Gasteiger partial charge in [0.1, 0.15) is 13.2 Å². The van der Waals surface area contributed by atoms with E-state index in [2.05, 4.69) is 17.5 Å². The highest BCUT2D eigenvalue weighted by Crippen LogP contribution is 2.30. The smallest absolute Gasteiger partial charge is 0.161 e. The van der Waals surface area contributed by atoms with Crippen LogP contribution in [-0.2, 0) is 13.0 Å². The molecule has 1 heterocycles. The van der Waals surface area contributed by atoms with Crippen molar-refractivity contribution in [3.63, 3.8) is 0 Å². The fourth-order valence-electron chi connectivity index (χ4n) is 2.48. The first-order valence-corrected chi connectivity index (χ1v) is 7.44. The summed E-state index contributed by atoms with van der Waals surface area (Å²) in [6, 6.07) is 16.0. The van der Waals surface area contributed by atoms with Gasteiger partial charge in [-0.15, -0.1) is 0 Å². The van der Waals surface area contributed by atoms with E-state index in [1.165, 1.54) is 5.56 Å². The average Bonchev–Trinajstić information content (AvgIpc) is 2.59. The molecule has 0 aromatic heterocycles. The summed E-state index contributed by atoms with van der Waals surface area (Å²) in [5.74, 6) is 1.66. The monoisotopic (exact) mass is 294 g/mol. The van der Waals surface area contributed by atoms with Gasteiger partial charge in [0.05, 0.1) is 11.6 Å². The zero-order valence-corrected chi connectivity index (χ0v) is 12.3. The minimum atomic E-state index is 0.611. The first-order chi connectivity index (χ1) is 10.9. The number of nitrogens with one attached hydrogen (secondary N) is 1. The van der Waals surface area contributed by atoms with E-state index in [0.29, 0.717) is 19.8 Å². The second kappa shape index (κ2) is 6.97. The summed E-state index contributed by atoms with van der Waals surface area (Å²) in [5.41, 5.74) is 2.98. The molecule has 1 N–H and O–H groups in total. The second-order valence-corrected chi connectivity index (χ2v) is 5.17. The summed E-state index contributed by atoms with van der Waals surface area (Å²) in [6.45, 7) is 2.78. The lowest BCUT2D eigenvalue weighted by Gasteiger charge is -2.18. The Morgan fingerprint density at radius 1 is 1.05 bits per heavy atom. The van der Waals surface area contributed by atoms with Gasteiger partial charge in [-0.25, -0.2) is 0 Å². The van der Waals surface area contributed by atoms with Crippen LogP contribution in [0, 0.1) is 11.3 Å². The van der Waals surface area contributed by atoms with E-state index in [9.17, 15) is 0 Å². The van der Waals surface area contributed by atoms with Gasteiger partial charge in [0.25, 0.3) is 0 Å². The summed E-state index contributed by atoms with van der Waals surface area (Å²) in [6.07, 6.45) is 0.908.